The summed E-state index contributed by atoms with van der Waals surface area (Å²) in [4.78, 5) is 0. The molecule has 0 aromatic heterocycles. The Morgan fingerprint density at radius 1 is 1.53 bits per heavy atom. The minimum Gasteiger partial charge on any atom is -0.497 e. The monoisotopic (exact) mass is 270 g/mol. The van der Waals surface area contributed by atoms with E-state index >= 15 is 0 Å². The van der Waals surface area contributed by atoms with Gasteiger partial charge in [-0.3, -0.25) is 0 Å². The lowest BCUT2D eigenvalue weighted by Crippen LogP contribution is -2.10. The van der Waals surface area contributed by atoms with Gasteiger partial charge in [-0.05, 0) is 41.1 Å². The van der Waals surface area contributed by atoms with Crippen LogP contribution in [-0.2, 0) is 0 Å². The van der Waals surface area contributed by atoms with E-state index in [0.29, 0.717) is 0 Å². The molecule has 0 radical (unpaired) electrons. The number of benzene rings is 1. The molecule has 82 valence electrons. The molecule has 0 aliphatic rings. The van der Waals surface area contributed by atoms with E-state index in [9.17, 15) is 0 Å². The molecule has 0 N–H and O–H groups in total. The lowest BCUT2D eigenvalue weighted by atomic mass is 10.2. The molecule has 0 saturated carbocycles. The SMILES string of the molecule is C=CCC(C)Oc1ccc(OC)cc1Br. The summed E-state index contributed by atoms with van der Waals surface area (Å²) in [5.41, 5.74) is 0. The summed E-state index contributed by atoms with van der Waals surface area (Å²) in [6, 6.07) is 5.65. The van der Waals surface area contributed by atoms with Crippen LogP contribution in [0.1, 0.15) is 13.3 Å². The van der Waals surface area contributed by atoms with E-state index in [2.05, 4.69) is 22.5 Å². The summed E-state index contributed by atoms with van der Waals surface area (Å²) in [7, 11) is 1.64. The Hall–Kier alpha value is -0.960. The van der Waals surface area contributed by atoms with Crippen LogP contribution in [0.25, 0.3) is 0 Å². The predicted octanol–water partition coefficient (Wildman–Crippen LogP) is 3.80. The summed E-state index contributed by atoms with van der Waals surface area (Å²) in [5.74, 6) is 1.63. The van der Waals surface area contributed by atoms with Crippen molar-refractivity contribution in [3.05, 3.63) is 35.3 Å². The lowest BCUT2D eigenvalue weighted by molar-refractivity contribution is 0.223. The average Bonchev–Trinajstić information content (AvgIpc) is 2.21. The Bertz CT molecular complexity index is 336. The average molecular weight is 271 g/mol. The fourth-order valence-electron chi connectivity index (χ4n) is 1.20. The number of methoxy groups -OCH3 is 1. The summed E-state index contributed by atoms with van der Waals surface area (Å²) >= 11 is 3.44. The highest BCUT2D eigenvalue weighted by Gasteiger charge is 2.06. The van der Waals surface area contributed by atoms with Crippen LogP contribution in [0.4, 0.5) is 0 Å². The molecule has 1 unspecified atom stereocenters. The van der Waals surface area contributed by atoms with Crippen LogP contribution in [0.3, 0.4) is 0 Å². The van der Waals surface area contributed by atoms with E-state index < -0.39 is 0 Å². The molecule has 1 atom stereocenters. The molecule has 0 spiro atoms. The smallest absolute Gasteiger partial charge is 0.134 e. The first-order chi connectivity index (χ1) is 7.17. The number of ether oxygens (including phenoxy) is 2. The zero-order chi connectivity index (χ0) is 11.3. The Labute approximate surface area is 99.0 Å². The lowest BCUT2D eigenvalue weighted by Gasteiger charge is -2.14. The summed E-state index contributed by atoms with van der Waals surface area (Å²) in [6.45, 7) is 5.69. The molecule has 0 bridgehead atoms. The van der Waals surface area contributed by atoms with E-state index in [1.807, 2.05) is 31.2 Å². The molecule has 2 nitrogen and oxygen atoms in total. The summed E-state index contributed by atoms with van der Waals surface area (Å²) < 4.78 is 11.7. The number of halogens is 1. The second-order valence-corrected chi connectivity index (χ2v) is 4.10. The maximum Gasteiger partial charge on any atom is 0.134 e. The van der Waals surface area contributed by atoms with E-state index in [0.717, 1.165) is 22.4 Å². The largest absolute Gasteiger partial charge is 0.497 e. The van der Waals surface area contributed by atoms with Gasteiger partial charge in [0.1, 0.15) is 11.5 Å². The molecule has 0 aliphatic carbocycles. The van der Waals surface area contributed by atoms with Crippen LogP contribution in [0.15, 0.2) is 35.3 Å². The number of hydrogen-bond acceptors (Lipinski definition) is 2. The van der Waals surface area contributed by atoms with Crippen molar-refractivity contribution >= 4 is 15.9 Å². The van der Waals surface area contributed by atoms with Crippen LogP contribution < -0.4 is 9.47 Å². The standard InChI is InChI=1S/C12H15BrO2/c1-4-5-9(2)15-12-7-6-10(14-3)8-11(12)13/h4,6-9H,1,5H2,2-3H3. The Balaban J connectivity index is 2.73. The molecule has 0 fully saturated rings. The van der Waals surface area contributed by atoms with Gasteiger partial charge in [0.15, 0.2) is 0 Å². The second kappa shape index (κ2) is 5.81. The minimum atomic E-state index is 0.132. The maximum absolute atomic E-state index is 5.71. The van der Waals surface area contributed by atoms with E-state index in [4.69, 9.17) is 9.47 Å². The van der Waals surface area contributed by atoms with Crippen LogP contribution in [-0.4, -0.2) is 13.2 Å². The fourth-order valence-corrected chi connectivity index (χ4v) is 1.65. The Morgan fingerprint density at radius 2 is 2.27 bits per heavy atom. The van der Waals surface area contributed by atoms with Crippen molar-refractivity contribution in [2.45, 2.75) is 19.4 Å². The van der Waals surface area contributed by atoms with E-state index in [1.54, 1.807) is 7.11 Å². The fraction of sp³-hybridized carbons (Fsp3) is 0.333. The van der Waals surface area contributed by atoms with Gasteiger partial charge in [0.2, 0.25) is 0 Å². The third kappa shape index (κ3) is 3.59. The molecular weight excluding hydrogens is 256 g/mol. The first-order valence-corrected chi connectivity index (χ1v) is 5.57. The van der Waals surface area contributed by atoms with Crippen LogP contribution in [0, 0.1) is 0 Å². The molecule has 1 aromatic carbocycles. The van der Waals surface area contributed by atoms with Crippen molar-refractivity contribution in [3.8, 4) is 11.5 Å². The minimum absolute atomic E-state index is 0.132. The van der Waals surface area contributed by atoms with Crippen LogP contribution >= 0.6 is 15.9 Å². The highest BCUT2D eigenvalue weighted by Crippen LogP contribution is 2.30. The highest BCUT2D eigenvalue weighted by molar-refractivity contribution is 9.10. The Morgan fingerprint density at radius 3 is 2.80 bits per heavy atom. The molecule has 3 heteroatoms. The first-order valence-electron chi connectivity index (χ1n) is 4.78. The van der Waals surface area contributed by atoms with Gasteiger partial charge in [-0.15, -0.1) is 6.58 Å². The highest BCUT2D eigenvalue weighted by atomic mass is 79.9. The van der Waals surface area contributed by atoms with Gasteiger partial charge in [0.05, 0.1) is 17.7 Å². The third-order valence-corrected chi connectivity index (χ3v) is 2.59. The van der Waals surface area contributed by atoms with Gasteiger partial charge >= 0.3 is 0 Å². The second-order valence-electron chi connectivity index (χ2n) is 3.25. The summed E-state index contributed by atoms with van der Waals surface area (Å²) in [6.07, 6.45) is 2.81. The van der Waals surface area contributed by atoms with Gasteiger partial charge in [-0.2, -0.15) is 0 Å². The van der Waals surface area contributed by atoms with Crippen molar-refractivity contribution in [2.75, 3.05) is 7.11 Å². The zero-order valence-corrected chi connectivity index (χ0v) is 10.6. The normalized spacial score (nSPS) is 11.9. The molecular formula is C12H15BrO2. The van der Waals surface area contributed by atoms with Crippen LogP contribution in [0.2, 0.25) is 0 Å². The van der Waals surface area contributed by atoms with Gasteiger partial charge in [0, 0.05) is 6.42 Å². The van der Waals surface area contributed by atoms with Crippen molar-refractivity contribution in [1.82, 2.24) is 0 Å². The molecule has 15 heavy (non-hydrogen) atoms. The predicted molar refractivity (Wildman–Crippen MR) is 65.6 cm³/mol. The molecule has 1 rings (SSSR count). The zero-order valence-electron chi connectivity index (χ0n) is 9.00. The number of hydrogen-bond donors (Lipinski definition) is 0. The molecule has 1 aromatic rings. The molecule has 0 amide bonds. The number of rotatable bonds is 5. The van der Waals surface area contributed by atoms with Crippen molar-refractivity contribution in [3.63, 3.8) is 0 Å². The van der Waals surface area contributed by atoms with Gasteiger partial charge in [0.25, 0.3) is 0 Å². The molecule has 0 heterocycles. The van der Waals surface area contributed by atoms with E-state index in [-0.39, 0.29) is 6.10 Å². The van der Waals surface area contributed by atoms with Gasteiger partial charge in [-0.1, -0.05) is 6.08 Å². The van der Waals surface area contributed by atoms with Crippen LogP contribution in [0.5, 0.6) is 11.5 Å². The van der Waals surface area contributed by atoms with Crippen molar-refractivity contribution in [1.29, 1.82) is 0 Å². The van der Waals surface area contributed by atoms with Crippen molar-refractivity contribution < 1.29 is 9.47 Å². The van der Waals surface area contributed by atoms with Gasteiger partial charge < -0.3 is 9.47 Å². The molecule has 0 aliphatic heterocycles. The topological polar surface area (TPSA) is 18.5 Å². The summed E-state index contributed by atoms with van der Waals surface area (Å²) in [5, 5.41) is 0. The molecule has 0 saturated heterocycles. The van der Waals surface area contributed by atoms with Gasteiger partial charge in [-0.25, -0.2) is 0 Å². The quantitative estimate of drug-likeness (QED) is 0.758. The Kier molecular flexibility index (Phi) is 4.69. The maximum atomic E-state index is 5.71. The first kappa shape index (κ1) is 12.1. The van der Waals surface area contributed by atoms with Crippen molar-refractivity contribution in [2.24, 2.45) is 0 Å². The third-order valence-electron chi connectivity index (χ3n) is 1.97. The van der Waals surface area contributed by atoms with E-state index in [1.165, 1.54) is 0 Å².